The van der Waals surface area contributed by atoms with Crippen molar-refractivity contribution in [3.05, 3.63) is 93.5 Å². The van der Waals surface area contributed by atoms with Gasteiger partial charge >= 0.3 is 0 Å². The zero-order valence-corrected chi connectivity index (χ0v) is 32.5. The third-order valence-electron chi connectivity index (χ3n) is 13.4. The molecule has 12 nitrogen and oxygen atoms in total. The lowest BCUT2D eigenvalue weighted by molar-refractivity contribution is -0.138. The average molecular weight is 795 g/mol. The van der Waals surface area contributed by atoms with Crippen LogP contribution in [0.5, 0.6) is 5.75 Å². The highest BCUT2D eigenvalue weighted by atomic mass is 19.3. The zero-order chi connectivity index (χ0) is 40.4. The van der Waals surface area contributed by atoms with Crippen molar-refractivity contribution in [2.45, 2.75) is 95.6 Å². The van der Waals surface area contributed by atoms with Crippen molar-refractivity contribution in [2.24, 2.45) is 5.92 Å². The standard InChI is InChI=1S/C44H48F2N6O6/c1-25-18-28-19-33(53)6-7-34(28)40(51(25)24-38(45)46)26-2-4-31(5-3-26)48-14-10-27(11-15-48)42(56)49-16-12-32(13-17-49)50-22-29-20-35-36(21-30(29)23-50)44(58)52(43(35)57)37-8-9-39(54)47-41(37)55/h2-7,19-21,25,27,32,37-38,40,53H,8-18,22-24H2,1H3,(H,47,54,55)/t25-,37?,40?/m1/s1. The first-order chi connectivity index (χ1) is 27.9. The molecule has 0 aromatic heterocycles. The van der Waals surface area contributed by atoms with Crippen LogP contribution in [-0.2, 0) is 33.9 Å². The van der Waals surface area contributed by atoms with Gasteiger partial charge in [0.2, 0.25) is 17.7 Å². The number of anilines is 1. The van der Waals surface area contributed by atoms with Crippen molar-refractivity contribution < 1.29 is 37.9 Å². The number of amides is 5. The Hall–Kier alpha value is -5.21. The number of imide groups is 2. The molecule has 6 heterocycles. The Balaban J connectivity index is 0.776. The molecular formula is C44H48F2N6O6. The number of hydrogen-bond acceptors (Lipinski definition) is 9. The van der Waals surface area contributed by atoms with Gasteiger partial charge in [0.15, 0.2) is 0 Å². The van der Waals surface area contributed by atoms with E-state index in [0.717, 1.165) is 77.2 Å². The molecular weight excluding hydrogens is 747 g/mol. The normalized spacial score (nSPS) is 24.7. The Labute approximate surface area is 335 Å². The van der Waals surface area contributed by atoms with Gasteiger partial charge in [-0.2, -0.15) is 0 Å². The Kier molecular flexibility index (Phi) is 10.0. The summed E-state index contributed by atoms with van der Waals surface area (Å²) in [5.41, 5.74) is 6.50. The first-order valence-electron chi connectivity index (χ1n) is 20.5. The second-order valence-corrected chi connectivity index (χ2v) is 16.9. The number of fused-ring (bicyclic) bond motifs is 3. The smallest absolute Gasteiger partial charge is 0.262 e. The number of phenols is 1. The summed E-state index contributed by atoms with van der Waals surface area (Å²) >= 11 is 0. The predicted molar refractivity (Wildman–Crippen MR) is 209 cm³/mol. The van der Waals surface area contributed by atoms with Crippen molar-refractivity contribution in [1.29, 1.82) is 0 Å². The number of carbonyl (C=O) groups is 5. The number of phenolic OH excluding ortho intramolecular Hbond substituents is 1. The van der Waals surface area contributed by atoms with Crippen LogP contribution in [0.4, 0.5) is 14.5 Å². The van der Waals surface area contributed by atoms with E-state index in [1.807, 2.05) is 34.9 Å². The molecule has 14 heteroatoms. The van der Waals surface area contributed by atoms with Crippen molar-refractivity contribution in [3.8, 4) is 5.75 Å². The second kappa shape index (κ2) is 15.2. The summed E-state index contributed by atoms with van der Waals surface area (Å²) in [6.07, 6.45) is 1.52. The third-order valence-corrected chi connectivity index (χ3v) is 13.4. The fourth-order valence-electron chi connectivity index (χ4n) is 10.3. The maximum absolute atomic E-state index is 13.7. The van der Waals surface area contributed by atoms with E-state index in [1.165, 1.54) is 0 Å². The summed E-state index contributed by atoms with van der Waals surface area (Å²) in [5, 5.41) is 12.4. The minimum atomic E-state index is -2.46. The summed E-state index contributed by atoms with van der Waals surface area (Å²) in [4.78, 5) is 74.1. The van der Waals surface area contributed by atoms with Crippen LogP contribution in [0.2, 0.25) is 0 Å². The van der Waals surface area contributed by atoms with E-state index in [2.05, 4.69) is 27.2 Å². The third kappa shape index (κ3) is 6.93. The number of piperidine rings is 3. The molecule has 0 spiro atoms. The van der Waals surface area contributed by atoms with E-state index in [1.54, 1.807) is 24.3 Å². The van der Waals surface area contributed by atoms with Gasteiger partial charge in [0, 0.05) is 69.4 Å². The van der Waals surface area contributed by atoms with Gasteiger partial charge in [-0.1, -0.05) is 18.2 Å². The first kappa shape index (κ1) is 38.3. The van der Waals surface area contributed by atoms with E-state index >= 15 is 0 Å². The summed E-state index contributed by atoms with van der Waals surface area (Å²) in [7, 11) is 0. The molecule has 58 heavy (non-hydrogen) atoms. The lowest BCUT2D eigenvalue weighted by Gasteiger charge is -2.42. The number of benzene rings is 3. The van der Waals surface area contributed by atoms with Gasteiger partial charge in [-0.05, 0) is 110 Å². The molecule has 6 aliphatic heterocycles. The van der Waals surface area contributed by atoms with Gasteiger partial charge in [-0.3, -0.25) is 44.0 Å². The number of halogens is 2. The lowest BCUT2D eigenvalue weighted by atomic mass is 9.85. The molecule has 9 rings (SSSR count). The Morgan fingerprint density at radius 3 is 2.10 bits per heavy atom. The molecule has 5 amide bonds. The number of rotatable bonds is 7. The van der Waals surface area contributed by atoms with Crippen LogP contribution in [0.25, 0.3) is 0 Å². The van der Waals surface area contributed by atoms with Crippen LogP contribution in [-0.4, -0.2) is 112 Å². The van der Waals surface area contributed by atoms with Gasteiger partial charge in [0.05, 0.1) is 23.7 Å². The minimum absolute atomic E-state index is 0.0418. The molecule has 3 atom stereocenters. The summed E-state index contributed by atoms with van der Waals surface area (Å²) in [6.45, 7) is 5.77. The minimum Gasteiger partial charge on any atom is -0.508 e. The van der Waals surface area contributed by atoms with Gasteiger partial charge in [-0.25, -0.2) is 8.78 Å². The molecule has 3 saturated heterocycles. The van der Waals surface area contributed by atoms with Crippen molar-refractivity contribution in [2.75, 3.05) is 37.6 Å². The largest absolute Gasteiger partial charge is 0.508 e. The van der Waals surface area contributed by atoms with Gasteiger partial charge in [-0.15, -0.1) is 0 Å². The second-order valence-electron chi connectivity index (χ2n) is 16.9. The maximum Gasteiger partial charge on any atom is 0.262 e. The highest BCUT2D eigenvalue weighted by Gasteiger charge is 2.46. The van der Waals surface area contributed by atoms with Crippen molar-refractivity contribution in [1.82, 2.24) is 24.9 Å². The van der Waals surface area contributed by atoms with Crippen LogP contribution < -0.4 is 10.2 Å². The van der Waals surface area contributed by atoms with E-state index in [-0.39, 0.29) is 55.1 Å². The van der Waals surface area contributed by atoms with Crippen molar-refractivity contribution >= 4 is 35.2 Å². The zero-order valence-electron chi connectivity index (χ0n) is 32.5. The number of likely N-dealkylation sites (tertiary alicyclic amines) is 1. The molecule has 2 unspecified atom stereocenters. The number of aromatic hydroxyl groups is 1. The molecule has 304 valence electrons. The fraction of sp³-hybridized carbons (Fsp3) is 0.477. The fourth-order valence-corrected chi connectivity index (χ4v) is 10.3. The van der Waals surface area contributed by atoms with E-state index in [0.29, 0.717) is 43.7 Å². The van der Waals surface area contributed by atoms with Gasteiger partial charge in [0.1, 0.15) is 11.8 Å². The summed E-state index contributed by atoms with van der Waals surface area (Å²) in [6, 6.07) is 15.8. The molecule has 6 aliphatic rings. The van der Waals surface area contributed by atoms with E-state index in [4.69, 9.17) is 0 Å². The Morgan fingerprint density at radius 1 is 0.828 bits per heavy atom. The number of nitrogens with one attached hydrogen (secondary N) is 1. The Morgan fingerprint density at radius 2 is 1.48 bits per heavy atom. The predicted octanol–water partition coefficient (Wildman–Crippen LogP) is 4.62. The van der Waals surface area contributed by atoms with E-state index < -0.39 is 36.1 Å². The Bertz CT molecular complexity index is 2120. The van der Waals surface area contributed by atoms with E-state index in [9.17, 15) is 37.9 Å². The monoisotopic (exact) mass is 794 g/mol. The number of alkyl halides is 2. The first-order valence-corrected chi connectivity index (χ1v) is 20.5. The molecule has 0 bridgehead atoms. The highest BCUT2D eigenvalue weighted by molar-refractivity contribution is 6.23. The lowest BCUT2D eigenvalue weighted by Crippen LogP contribution is -2.54. The van der Waals surface area contributed by atoms with Crippen LogP contribution >= 0.6 is 0 Å². The maximum atomic E-state index is 13.7. The summed E-state index contributed by atoms with van der Waals surface area (Å²) in [5.74, 6) is -1.66. The molecule has 3 aromatic carbocycles. The molecule has 3 aromatic rings. The quantitative estimate of drug-likeness (QED) is 0.329. The molecule has 0 radical (unpaired) electrons. The molecule has 2 N–H and O–H groups in total. The average Bonchev–Trinajstić information content (AvgIpc) is 3.74. The number of carbonyl (C=O) groups excluding carboxylic acids is 5. The topological polar surface area (TPSA) is 134 Å². The SMILES string of the molecule is C[C@@H]1Cc2cc(O)ccc2C(c2ccc(N3CCC(C(=O)N4CCC(N5Cc6cc7c(cc6C5)C(=O)N(C5CCC(=O)NC5=O)C7=O)CC4)CC3)cc2)N1CC(F)F. The van der Waals surface area contributed by atoms with Gasteiger partial charge < -0.3 is 14.9 Å². The number of hydrogen-bond donors (Lipinski definition) is 2. The van der Waals surface area contributed by atoms with Crippen LogP contribution in [0, 0.1) is 5.92 Å². The van der Waals surface area contributed by atoms with Crippen LogP contribution in [0.15, 0.2) is 54.6 Å². The summed E-state index contributed by atoms with van der Waals surface area (Å²) < 4.78 is 27.5. The molecule has 3 fully saturated rings. The molecule has 0 aliphatic carbocycles. The molecule has 0 saturated carbocycles. The van der Waals surface area contributed by atoms with Gasteiger partial charge in [0.25, 0.3) is 18.2 Å². The number of nitrogens with zero attached hydrogens (tertiary/aromatic N) is 5. The van der Waals surface area contributed by atoms with Crippen LogP contribution in [0.3, 0.4) is 0 Å². The van der Waals surface area contributed by atoms with Crippen molar-refractivity contribution in [3.63, 3.8) is 0 Å². The highest BCUT2D eigenvalue weighted by Crippen LogP contribution is 2.41. The van der Waals surface area contributed by atoms with Crippen LogP contribution in [0.1, 0.15) is 100 Å².